The number of nitrogens with zero attached hydrogens (tertiary/aromatic N) is 3. The number of imidazole rings is 1. The van der Waals surface area contributed by atoms with E-state index in [-0.39, 0.29) is 0 Å². The van der Waals surface area contributed by atoms with Crippen LogP contribution in [0.1, 0.15) is 5.56 Å². The molecule has 0 spiro atoms. The van der Waals surface area contributed by atoms with Gasteiger partial charge in [0.15, 0.2) is 11.4 Å². The van der Waals surface area contributed by atoms with Crippen molar-refractivity contribution < 1.29 is 4.42 Å². The van der Waals surface area contributed by atoms with Crippen LogP contribution in [0, 0.1) is 6.92 Å². The number of benzene rings is 5. The second-order valence-electron chi connectivity index (χ2n) is 10.3. The predicted octanol–water partition coefficient (Wildman–Crippen LogP) is 9.63. The van der Waals surface area contributed by atoms with E-state index in [1.54, 1.807) is 0 Å². The fourth-order valence-electron chi connectivity index (χ4n) is 5.89. The number of para-hydroxylation sites is 3. The Morgan fingerprint density at radius 3 is 1.95 bits per heavy atom. The first kappa shape index (κ1) is 23.4. The van der Waals surface area contributed by atoms with Crippen LogP contribution in [0.4, 0.5) is 0 Å². The lowest BCUT2D eigenvalue weighted by Crippen LogP contribution is -2.03. The molecule has 0 radical (unpaired) electrons. The van der Waals surface area contributed by atoms with Crippen molar-refractivity contribution in [3.05, 3.63) is 139 Å². The van der Waals surface area contributed by atoms with Crippen LogP contribution >= 0.6 is 0 Å². The summed E-state index contributed by atoms with van der Waals surface area (Å²) in [6.07, 6.45) is 0. The van der Waals surface area contributed by atoms with E-state index in [4.69, 9.17) is 14.4 Å². The van der Waals surface area contributed by atoms with Crippen molar-refractivity contribution in [2.24, 2.45) is 0 Å². The summed E-state index contributed by atoms with van der Waals surface area (Å²) in [5.74, 6) is 0.789. The van der Waals surface area contributed by atoms with Crippen molar-refractivity contribution in [1.29, 1.82) is 0 Å². The van der Waals surface area contributed by atoms with Gasteiger partial charge in [-0.25, -0.2) is 9.97 Å². The van der Waals surface area contributed by atoms with Crippen LogP contribution in [0.3, 0.4) is 0 Å². The lowest BCUT2D eigenvalue weighted by Gasteiger charge is -2.19. The van der Waals surface area contributed by atoms with Crippen LogP contribution in [0.25, 0.3) is 72.6 Å². The Kier molecular flexibility index (Phi) is 5.32. The molecule has 8 aromatic rings. The summed E-state index contributed by atoms with van der Waals surface area (Å²) in [5, 5.41) is 1.04. The van der Waals surface area contributed by atoms with Crippen LogP contribution in [0.5, 0.6) is 0 Å². The van der Waals surface area contributed by atoms with Gasteiger partial charge in [0.05, 0.1) is 16.7 Å². The molecule has 4 nitrogen and oxygen atoms in total. The van der Waals surface area contributed by atoms with Gasteiger partial charge in [0.2, 0.25) is 0 Å². The number of rotatable bonds is 4. The summed E-state index contributed by atoms with van der Waals surface area (Å²) >= 11 is 0. The first-order chi connectivity index (χ1) is 20.3. The van der Waals surface area contributed by atoms with Crippen LogP contribution in [0.2, 0.25) is 0 Å². The summed E-state index contributed by atoms with van der Waals surface area (Å²) < 4.78 is 8.44. The number of fused-ring (bicyclic) bond motifs is 4. The highest BCUT2D eigenvalue weighted by molar-refractivity contribution is 6.05. The van der Waals surface area contributed by atoms with Crippen LogP contribution < -0.4 is 0 Å². The lowest BCUT2D eigenvalue weighted by atomic mass is 9.95. The first-order valence-electron chi connectivity index (χ1n) is 13.8. The topological polar surface area (TPSA) is 43.9 Å². The predicted molar refractivity (Wildman–Crippen MR) is 167 cm³/mol. The van der Waals surface area contributed by atoms with Gasteiger partial charge in [0.25, 0.3) is 0 Å². The molecule has 4 heteroatoms. The van der Waals surface area contributed by atoms with Gasteiger partial charge in [-0.3, -0.25) is 4.57 Å². The Morgan fingerprint density at radius 2 is 1.22 bits per heavy atom. The minimum absolute atomic E-state index is 0.773. The fourth-order valence-corrected chi connectivity index (χ4v) is 5.89. The van der Waals surface area contributed by atoms with Crippen molar-refractivity contribution in [2.45, 2.75) is 6.92 Å². The molecule has 0 fully saturated rings. The zero-order valence-electron chi connectivity index (χ0n) is 22.5. The summed E-state index contributed by atoms with van der Waals surface area (Å²) in [4.78, 5) is 10.4. The molecule has 0 aliphatic heterocycles. The van der Waals surface area contributed by atoms with Gasteiger partial charge in [-0.05, 0) is 53.9 Å². The molecular weight excluding hydrogens is 502 g/mol. The van der Waals surface area contributed by atoms with Crippen molar-refractivity contribution in [1.82, 2.24) is 14.5 Å². The number of furan rings is 1. The molecule has 0 aliphatic rings. The second kappa shape index (κ2) is 9.32. The van der Waals surface area contributed by atoms with Gasteiger partial charge < -0.3 is 4.42 Å². The lowest BCUT2D eigenvalue weighted by molar-refractivity contribution is 0.668. The van der Waals surface area contributed by atoms with Gasteiger partial charge in [0, 0.05) is 16.5 Å². The van der Waals surface area contributed by atoms with Crippen molar-refractivity contribution in [3.8, 4) is 39.5 Å². The van der Waals surface area contributed by atoms with E-state index in [9.17, 15) is 0 Å². The molecule has 3 heterocycles. The zero-order chi connectivity index (χ0) is 27.3. The van der Waals surface area contributed by atoms with Gasteiger partial charge in [0.1, 0.15) is 16.8 Å². The van der Waals surface area contributed by atoms with Gasteiger partial charge in [-0.2, -0.15) is 0 Å². The molecule has 8 rings (SSSR count). The molecule has 0 amide bonds. The van der Waals surface area contributed by atoms with E-state index in [2.05, 4.69) is 115 Å². The Bertz CT molecular complexity index is 2150. The average Bonchev–Trinajstić information content (AvgIpc) is 3.60. The third kappa shape index (κ3) is 3.76. The number of pyridine rings is 1. The minimum atomic E-state index is 0.773. The zero-order valence-corrected chi connectivity index (χ0v) is 22.5. The summed E-state index contributed by atoms with van der Waals surface area (Å²) in [6, 6.07) is 46.1. The summed E-state index contributed by atoms with van der Waals surface area (Å²) in [5.41, 5.74) is 12.0. The summed E-state index contributed by atoms with van der Waals surface area (Å²) in [7, 11) is 0. The molecule has 3 aromatic heterocycles. The second-order valence-corrected chi connectivity index (χ2v) is 10.3. The molecular formula is C37H25N3O. The highest BCUT2D eigenvalue weighted by atomic mass is 16.3. The standard InChI is InChI=1S/C37H25N3O/c1-24-12-10-21-32-34(24)35-33(41-32)23-22-30(38-35)37-39-29-19-8-9-20-31(29)40(37)36-27(25-13-4-2-5-14-25)17-11-18-28(36)26-15-6-3-7-16-26/h2-23H,1H3. The normalized spacial score (nSPS) is 11.5. The highest BCUT2D eigenvalue weighted by Gasteiger charge is 2.22. The van der Waals surface area contributed by atoms with E-state index >= 15 is 0 Å². The molecule has 0 bridgehead atoms. The quantitative estimate of drug-likeness (QED) is 0.229. The van der Waals surface area contributed by atoms with Crippen LogP contribution in [0.15, 0.2) is 138 Å². The van der Waals surface area contributed by atoms with Gasteiger partial charge in [-0.15, -0.1) is 0 Å². The number of aryl methyl sites for hydroxylation is 1. The van der Waals surface area contributed by atoms with E-state index in [0.29, 0.717) is 0 Å². The number of aromatic nitrogens is 3. The third-order valence-electron chi connectivity index (χ3n) is 7.77. The SMILES string of the molecule is Cc1cccc2oc3ccc(-c4nc5ccccc5n4-c4c(-c5ccccc5)cccc4-c4ccccc4)nc3c12. The van der Waals surface area contributed by atoms with Crippen LogP contribution in [-0.4, -0.2) is 14.5 Å². The van der Waals surface area contributed by atoms with Crippen molar-refractivity contribution >= 4 is 33.1 Å². The molecule has 0 saturated carbocycles. The molecule has 5 aromatic carbocycles. The first-order valence-corrected chi connectivity index (χ1v) is 13.8. The smallest absolute Gasteiger partial charge is 0.164 e. The monoisotopic (exact) mass is 527 g/mol. The average molecular weight is 528 g/mol. The largest absolute Gasteiger partial charge is 0.454 e. The van der Waals surface area contributed by atoms with E-state index in [1.165, 1.54) is 0 Å². The van der Waals surface area contributed by atoms with Crippen molar-refractivity contribution in [2.75, 3.05) is 0 Å². The molecule has 0 unspecified atom stereocenters. The Morgan fingerprint density at radius 1 is 0.561 bits per heavy atom. The van der Waals surface area contributed by atoms with E-state index < -0.39 is 0 Å². The maximum atomic E-state index is 6.16. The van der Waals surface area contributed by atoms with Crippen LogP contribution in [-0.2, 0) is 0 Å². The Balaban J connectivity index is 1.49. The Labute approximate surface area is 237 Å². The Hall–Kier alpha value is -5.48. The molecule has 0 atom stereocenters. The number of hydrogen-bond acceptors (Lipinski definition) is 3. The molecule has 41 heavy (non-hydrogen) atoms. The molecule has 0 N–H and O–H groups in total. The maximum Gasteiger partial charge on any atom is 0.164 e. The number of hydrogen-bond donors (Lipinski definition) is 0. The van der Waals surface area contributed by atoms with E-state index in [1.807, 2.05) is 30.3 Å². The third-order valence-corrected chi connectivity index (χ3v) is 7.77. The minimum Gasteiger partial charge on any atom is -0.454 e. The van der Waals surface area contributed by atoms with Crippen molar-refractivity contribution in [3.63, 3.8) is 0 Å². The maximum absolute atomic E-state index is 6.16. The molecule has 0 saturated heterocycles. The van der Waals surface area contributed by atoms with Gasteiger partial charge in [-0.1, -0.05) is 103 Å². The highest BCUT2D eigenvalue weighted by Crippen LogP contribution is 2.40. The molecule has 194 valence electrons. The van der Waals surface area contributed by atoms with E-state index in [0.717, 1.165) is 78.1 Å². The summed E-state index contributed by atoms with van der Waals surface area (Å²) in [6.45, 7) is 2.10. The molecule has 0 aliphatic carbocycles. The fraction of sp³-hybridized carbons (Fsp3) is 0.0270. The van der Waals surface area contributed by atoms with Gasteiger partial charge >= 0.3 is 0 Å².